The molecule has 3 amide bonds. The third-order valence-corrected chi connectivity index (χ3v) is 1.46. The summed E-state index contributed by atoms with van der Waals surface area (Å²) in [5.74, 6) is -0.420. The summed E-state index contributed by atoms with van der Waals surface area (Å²) >= 11 is 2.11. The van der Waals surface area contributed by atoms with Crippen LogP contribution in [-0.4, -0.2) is 16.4 Å². The van der Waals surface area contributed by atoms with Gasteiger partial charge in [-0.1, -0.05) is 28.3 Å². The molecule has 0 radical (unpaired) electrons. The molecule has 4 nitrogen and oxygen atoms in total. The van der Waals surface area contributed by atoms with E-state index in [9.17, 15) is 9.59 Å². The number of hydrogen-bond donors (Lipinski definition) is 2. The first-order chi connectivity index (χ1) is 5.24. The molecule has 0 aromatic carbocycles. The summed E-state index contributed by atoms with van der Waals surface area (Å²) in [4.78, 5) is 21.3. The molecule has 0 atom stereocenters. The predicted molar refractivity (Wildman–Crippen MR) is 47.2 cm³/mol. The third-order valence-electron chi connectivity index (χ3n) is 1.02. The molecule has 1 heterocycles. The zero-order valence-electron chi connectivity index (χ0n) is 5.48. The zero-order chi connectivity index (χ0) is 8.27. The Morgan fingerprint density at radius 1 is 1.45 bits per heavy atom. The van der Waals surface area contributed by atoms with Gasteiger partial charge in [-0.15, -0.1) is 0 Å². The Morgan fingerprint density at radius 3 is 2.64 bits per heavy atom. The Kier molecular flexibility index (Phi) is 2.67. The van der Waals surface area contributed by atoms with E-state index in [1.54, 1.807) is 6.08 Å². The topological polar surface area (TPSA) is 58.2 Å². The molecule has 1 fully saturated rings. The fraction of sp³-hybridized carbons (Fsp3) is 0.167. The number of carbonyl (C=O) groups excluding carboxylic acids is 2. The molecule has 0 bridgehead atoms. The molecule has 1 aliphatic heterocycles. The van der Waals surface area contributed by atoms with Crippen LogP contribution in [0.15, 0.2) is 17.5 Å². The van der Waals surface area contributed by atoms with E-state index in [1.165, 1.54) is 0 Å². The molecule has 0 spiro atoms. The van der Waals surface area contributed by atoms with Crippen molar-refractivity contribution >= 4 is 34.5 Å². The van der Waals surface area contributed by atoms with Crippen LogP contribution in [0, 0.1) is 0 Å². The molecule has 0 saturated carbocycles. The molecular formula is C6H5IN2O2. The standard InChI is InChI=1S/C6H5IN2O2/c7-3-1-2-4-5(10)9-6(11)8-4/h1H,3H2,(H2,8,9,10,11). The van der Waals surface area contributed by atoms with Crippen molar-refractivity contribution in [2.45, 2.75) is 0 Å². The lowest BCUT2D eigenvalue weighted by Crippen LogP contribution is -2.22. The summed E-state index contributed by atoms with van der Waals surface area (Å²) in [7, 11) is 0. The molecule has 1 rings (SSSR count). The maximum atomic E-state index is 10.8. The molecule has 0 unspecified atom stereocenters. The zero-order valence-corrected chi connectivity index (χ0v) is 7.64. The van der Waals surface area contributed by atoms with Gasteiger partial charge in [0.1, 0.15) is 0 Å². The van der Waals surface area contributed by atoms with Gasteiger partial charge < -0.3 is 0 Å². The monoisotopic (exact) mass is 264 g/mol. The lowest BCUT2D eigenvalue weighted by molar-refractivity contribution is -0.115. The van der Waals surface area contributed by atoms with Crippen LogP contribution in [0.25, 0.3) is 0 Å². The second kappa shape index (κ2) is 3.54. The van der Waals surface area contributed by atoms with Gasteiger partial charge in [-0.25, -0.2) is 4.79 Å². The van der Waals surface area contributed by atoms with Crippen molar-refractivity contribution in [3.05, 3.63) is 17.5 Å². The fourth-order valence-electron chi connectivity index (χ4n) is 0.609. The summed E-state index contributed by atoms with van der Waals surface area (Å²) in [5.41, 5.74) is 2.84. The lowest BCUT2D eigenvalue weighted by atomic mass is 10.4. The Hall–Kier alpha value is -0.810. The van der Waals surface area contributed by atoms with Crippen molar-refractivity contribution < 1.29 is 9.59 Å². The largest absolute Gasteiger partial charge is 0.326 e. The molecule has 5 heteroatoms. The van der Waals surface area contributed by atoms with Crippen molar-refractivity contribution in [2.24, 2.45) is 0 Å². The van der Waals surface area contributed by atoms with Gasteiger partial charge in [-0.05, 0) is 6.08 Å². The third kappa shape index (κ3) is 2.06. The van der Waals surface area contributed by atoms with E-state index < -0.39 is 11.9 Å². The van der Waals surface area contributed by atoms with Crippen LogP contribution in [0.1, 0.15) is 0 Å². The summed E-state index contributed by atoms with van der Waals surface area (Å²) < 4.78 is 0.754. The van der Waals surface area contributed by atoms with Gasteiger partial charge in [0.15, 0.2) is 5.70 Å². The molecular weight excluding hydrogens is 259 g/mol. The summed E-state index contributed by atoms with van der Waals surface area (Å²) in [6.07, 6.45) is 1.67. The van der Waals surface area contributed by atoms with Crippen LogP contribution in [0.4, 0.5) is 4.79 Å². The Labute approximate surface area is 76.9 Å². The van der Waals surface area contributed by atoms with Crippen LogP contribution in [0.3, 0.4) is 0 Å². The first-order valence-corrected chi connectivity index (χ1v) is 4.40. The molecule has 1 saturated heterocycles. The van der Waals surface area contributed by atoms with E-state index in [2.05, 4.69) is 39.0 Å². The fourth-order valence-corrected chi connectivity index (χ4v) is 0.830. The highest BCUT2D eigenvalue weighted by Crippen LogP contribution is 1.94. The number of amides is 3. The molecule has 58 valence electrons. The van der Waals surface area contributed by atoms with Crippen LogP contribution < -0.4 is 10.6 Å². The SMILES string of the molecule is O=C1NC(=O)C(=C=CCI)N1. The summed E-state index contributed by atoms with van der Waals surface area (Å²) in [6.45, 7) is 0. The smallest absolute Gasteiger partial charge is 0.296 e. The van der Waals surface area contributed by atoms with E-state index in [0.29, 0.717) is 0 Å². The predicted octanol–water partition coefficient (Wildman–Crippen LogP) is 0.300. The van der Waals surface area contributed by atoms with E-state index in [-0.39, 0.29) is 5.70 Å². The molecule has 0 aromatic rings. The number of rotatable bonds is 1. The second-order valence-corrected chi connectivity index (χ2v) is 2.67. The first-order valence-electron chi connectivity index (χ1n) is 2.87. The van der Waals surface area contributed by atoms with Crippen molar-refractivity contribution in [1.29, 1.82) is 0 Å². The van der Waals surface area contributed by atoms with Crippen molar-refractivity contribution in [1.82, 2.24) is 10.6 Å². The van der Waals surface area contributed by atoms with E-state index in [0.717, 1.165) is 4.43 Å². The van der Waals surface area contributed by atoms with Gasteiger partial charge in [0.05, 0.1) is 0 Å². The second-order valence-electron chi connectivity index (χ2n) is 1.79. The number of alkyl halides is 1. The van der Waals surface area contributed by atoms with Gasteiger partial charge in [-0.2, -0.15) is 0 Å². The Morgan fingerprint density at radius 2 is 2.18 bits per heavy atom. The molecule has 11 heavy (non-hydrogen) atoms. The van der Waals surface area contributed by atoms with Crippen LogP contribution in [-0.2, 0) is 4.79 Å². The maximum absolute atomic E-state index is 10.8. The highest BCUT2D eigenvalue weighted by atomic mass is 127. The average molecular weight is 264 g/mol. The van der Waals surface area contributed by atoms with Crippen LogP contribution in [0.5, 0.6) is 0 Å². The number of hydrogen-bond acceptors (Lipinski definition) is 2. The van der Waals surface area contributed by atoms with Gasteiger partial charge in [0.2, 0.25) is 0 Å². The summed E-state index contributed by atoms with van der Waals surface area (Å²) in [5, 5.41) is 4.37. The Bertz CT molecular complexity index is 266. The minimum atomic E-state index is -0.487. The Balaban J connectivity index is 2.83. The molecule has 1 aliphatic rings. The number of carbonyl (C=O) groups is 2. The van der Waals surface area contributed by atoms with Gasteiger partial charge in [0, 0.05) is 4.43 Å². The molecule has 0 aliphatic carbocycles. The van der Waals surface area contributed by atoms with E-state index in [4.69, 9.17) is 0 Å². The van der Waals surface area contributed by atoms with Crippen molar-refractivity contribution in [2.75, 3.05) is 4.43 Å². The van der Waals surface area contributed by atoms with Gasteiger partial charge in [0.25, 0.3) is 5.91 Å². The van der Waals surface area contributed by atoms with Crippen molar-refractivity contribution in [3.63, 3.8) is 0 Å². The van der Waals surface area contributed by atoms with Crippen LogP contribution >= 0.6 is 22.6 Å². The minimum absolute atomic E-state index is 0.187. The quantitative estimate of drug-likeness (QED) is 0.235. The normalized spacial score (nSPS) is 15.5. The highest BCUT2D eigenvalue weighted by Gasteiger charge is 2.21. The maximum Gasteiger partial charge on any atom is 0.326 e. The van der Waals surface area contributed by atoms with E-state index in [1.807, 2.05) is 0 Å². The molecule has 2 N–H and O–H groups in total. The van der Waals surface area contributed by atoms with Gasteiger partial charge >= 0.3 is 6.03 Å². The van der Waals surface area contributed by atoms with Crippen LogP contribution in [0.2, 0.25) is 0 Å². The highest BCUT2D eigenvalue weighted by molar-refractivity contribution is 14.1. The number of nitrogens with one attached hydrogen (secondary N) is 2. The summed E-state index contributed by atoms with van der Waals surface area (Å²) in [6, 6.07) is -0.487. The lowest BCUT2D eigenvalue weighted by Gasteiger charge is -1.83. The first kappa shape index (κ1) is 8.29. The number of halogens is 1. The average Bonchev–Trinajstić information content (AvgIpc) is 2.26. The van der Waals surface area contributed by atoms with Crippen molar-refractivity contribution in [3.8, 4) is 0 Å². The number of urea groups is 1. The molecule has 0 aromatic heterocycles. The minimum Gasteiger partial charge on any atom is -0.296 e. The van der Waals surface area contributed by atoms with E-state index >= 15 is 0 Å². The van der Waals surface area contributed by atoms with Gasteiger partial charge in [-0.3, -0.25) is 15.4 Å². The number of imide groups is 1.